The van der Waals surface area contributed by atoms with Gasteiger partial charge in [-0.3, -0.25) is 9.59 Å². The molecule has 2 N–H and O–H groups in total. The lowest BCUT2D eigenvalue weighted by Crippen LogP contribution is -2.35. The van der Waals surface area contributed by atoms with Crippen LogP contribution in [0.2, 0.25) is 0 Å². The van der Waals surface area contributed by atoms with E-state index in [-0.39, 0.29) is 24.8 Å². The number of ether oxygens (including phenoxy) is 3. The summed E-state index contributed by atoms with van der Waals surface area (Å²) < 4.78 is 15.8. The highest BCUT2D eigenvalue weighted by Crippen LogP contribution is 2.32. The minimum Gasteiger partial charge on any atom is -0.454 e. The number of anilines is 1. The minimum atomic E-state index is -0.981. The average molecular weight is 384 g/mol. The van der Waals surface area contributed by atoms with Crippen molar-refractivity contribution in [2.24, 2.45) is 0 Å². The second kappa shape index (κ2) is 8.43. The smallest absolute Gasteiger partial charge is 0.338 e. The van der Waals surface area contributed by atoms with E-state index in [1.807, 2.05) is 6.07 Å². The Balaban J connectivity index is 1.53. The van der Waals surface area contributed by atoms with Crippen molar-refractivity contribution >= 4 is 23.5 Å². The number of hydrogen-bond donors (Lipinski definition) is 2. The van der Waals surface area contributed by atoms with Crippen LogP contribution in [-0.4, -0.2) is 30.7 Å². The number of amides is 2. The van der Waals surface area contributed by atoms with Crippen molar-refractivity contribution in [3.8, 4) is 11.5 Å². The van der Waals surface area contributed by atoms with Gasteiger partial charge in [0.05, 0.1) is 5.56 Å². The number of hydrogen-bond acceptors (Lipinski definition) is 6. The highest BCUT2D eigenvalue weighted by Gasteiger charge is 2.20. The molecule has 1 aliphatic heterocycles. The van der Waals surface area contributed by atoms with Crippen molar-refractivity contribution in [3.05, 3.63) is 53.6 Å². The molecule has 2 aromatic carbocycles. The molecule has 8 heteroatoms. The van der Waals surface area contributed by atoms with Gasteiger partial charge in [-0.15, -0.1) is 0 Å². The van der Waals surface area contributed by atoms with Crippen LogP contribution in [0.15, 0.2) is 42.5 Å². The van der Waals surface area contributed by atoms with Crippen LogP contribution >= 0.6 is 0 Å². The Morgan fingerprint density at radius 2 is 1.89 bits per heavy atom. The molecule has 3 rings (SSSR count). The third kappa shape index (κ3) is 4.79. The number of esters is 1. The van der Waals surface area contributed by atoms with Crippen LogP contribution < -0.4 is 20.1 Å². The lowest BCUT2D eigenvalue weighted by molar-refractivity contribution is -0.129. The van der Waals surface area contributed by atoms with E-state index in [0.29, 0.717) is 17.2 Å². The van der Waals surface area contributed by atoms with Crippen molar-refractivity contribution in [2.45, 2.75) is 26.5 Å². The van der Waals surface area contributed by atoms with E-state index in [0.717, 1.165) is 5.56 Å². The van der Waals surface area contributed by atoms with Gasteiger partial charge in [-0.1, -0.05) is 12.1 Å². The maximum atomic E-state index is 12.3. The van der Waals surface area contributed by atoms with Gasteiger partial charge in [0.1, 0.15) is 0 Å². The Hall–Kier alpha value is -3.55. The van der Waals surface area contributed by atoms with Crippen LogP contribution in [0.25, 0.3) is 0 Å². The van der Waals surface area contributed by atoms with Crippen molar-refractivity contribution in [3.63, 3.8) is 0 Å². The zero-order valence-corrected chi connectivity index (χ0v) is 15.5. The number of benzene rings is 2. The van der Waals surface area contributed by atoms with E-state index in [2.05, 4.69) is 10.6 Å². The molecule has 1 atom stereocenters. The lowest BCUT2D eigenvalue weighted by Gasteiger charge is -2.14. The topological polar surface area (TPSA) is 103 Å². The van der Waals surface area contributed by atoms with Crippen LogP contribution in [0.4, 0.5) is 5.69 Å². The van der Waals surface area contributed by atoms with Gasteiger partial charge in [-0.05, 0) is 42.8 Å². The molecular weight excluding hydrogens is 364 g/mol. The van der Waals surface area contributed by atoms with Crippen LogP contribution in [0.1, 0.15) is 29.8 Å². The fourth-order valence-electron chi connectivity index (χ4n) is 2.59. The molecule has 2 aromatic rings. The third-order valence-corrected chi connectivity index (χ3v) is 3.98. The zero-order chi connectivity index (χ0) is 20.1. The van der Waals surface area contributed by atoms with Crippen LogP contribution in [0.5, 0.6) is 11.5 Å². The fraction of sp³-hybridized carbons (Fsp3) is 0.250. The molecule has 0 saturated heterocycles. The van der Waals surface area contributed by atoms with Gasteiger partial charge < -0.3 is 24.8 Å². The third-order valence-electron chi connectivity index (χ3n) is 3.98. The van der Waals surface area contributed by atoms with Gasteiger partial charge >= 0.3 is 5.97 Å². The Morgan fingerprint density at radius 1 is 1.11 bits per heavy atom. The van der Waals surface area contributed by atoms with Crippen molar-refractivity contribution in [2.75, 3.05) is 12.1 Å². The molecule has 0 aliphatic carbocycles. The molecule has 0 spiro atoms. The standard InChI is InChI=1S/C20H20N2O6/c1-12(28-20(25)15-4-3-5-16(9-15)22-13(2)23)19(24)21-10-14-6-7-17-18(8-14)27-11-26-17/h3-9,12H,10-11H2,1-2H3,(H,21,24)(H,22,23). The van der Waals surface area contributed by atoms with Gasteiger partial charge in [0.25, 0.3) is 5.91 Å². The van der Waals surface area contributed by atoms with Gasteiger partial charge in [0, 0.05) is 19.2 Å². The molecule has 146 valence electrons. The summed E-state index contributed by atoms with van der Waals surface area (Å²) in [7, 11) is 0. The van der Waals surface area contributed by atoms with E-state index >= 15 is 0 Å². The van der Waals surface area contributed by atoms with Crippen molar-refractivity contribution in [1.82, 2.24) is 5.32 Å². The molecule has 0 radical (unpaired) electrons. The summed E-state index contributed by atoms with van der Waals surface area (Å²) >= 11 is 0. The first-order chi connectivity index (χ1) is 13.4. The largest absolute Gasteiger partial charge is 0.454 e. The predicted molar refractivity (Wildman–Crippen MR) is 100 cm³/mol. The fourth-order valence-corrected chi connectivity index (χ4v) is 2.59. The van der Waals surface area contributed by atoms with Crippen LogP contribution in [0, 0.1) is 0 Å². The van der Waals surface area contributed by atoms with Crippen LogP contribution in [-0.2, 0) is 20.9 Å². The number of carbonyl (C=O) groups is 3. The van der Waals surface area contributed by atoms with E-state index in [1.54, 1.807) is 30.3 Å². The molecule has 1 aliphatic rings. The summed E-state index contributed by atoms with van der Waals surface area (Å²) in [6.07, 6.45) is -0.981. The molecule has 0 fully saturated rings. The van der Waals surface area contributed by atoms with E-state index in [1.165, 1.54) is 19.9 Å². The number of nitrogens with one attached hydrogen (secondary N) is 2. The highest BCUT2D eigenvalue weighted by molar-refractivity contribution is 5.95. The first-order valence-corrected chi connectivity index (χ1v) is 8.67. The Labute approximate surface area is 161 Å². The number of rotatable bonds is 6. The first-order valence-electron chi connectivity index (χ1n) is 8.67. The molecule has 0 bridgehead atoms. The highest BCUT2D eigenvalue weighted by atomic mass is 16.7. The average Bonchev–Trinajstić information content (AvgIpc) is 3.13. The SMILES string of the molecule is CC(=O)Nc1cccc(C(=O)OC(C)C(=O)NCc2ccc3c(c2)OCO3)c1. The molecule has 0 aromatic heterocycles. The maximum absolute atomic E-state index is 12.3. The second-order valence-corrected chi connectivity index (χ2v) is 6.21. The van der Waals surface area contributed by atoms with Gasteiger partial charge in [0.2, 0.25) is 12.7 Å². The quantitative estimate of drug-likeness (QED) is 0.741. The van der Waals surface area contributed by atoms with Gasteiger partial charge in [0.15, 0.2) is 17.6 Å². The number of fused-ring (bicyclic) bond motifs is 1. The maximum Gasteiger partial charge on any atom is 0.338 e. The second-order valence-electron chi connectivity index (χ2n) is 6.21. The Bertz CT molecular complexity index is 911. The molecule has 28 heavy (non-hydrogen) atoms. The minimum absolute atomic E-state index is 0.182. The summed E-state index contributed by atoms with van der Waals surface area (Å²) in [5.41, 5.74) is 1.54. The van der Waals surface area contributed by atoms with Gasteiger partial charge in [-0.2, -0.15) is 0 Å². The van der Waals surface area contributed by atoms with Crippen molar-refractivity contribution < 1.29 is 28.6 Å². The van der Waals surface area contributed by atoms with E-state index in [9.17, 15) is 14.4 Å². The monoisotopic (exact) mass is 384 g/mol. The normalized spacial score (nSPS) is 12.8. The molecule has 1 heterocycles. The van der Waals surface area contributed by atoms with Crippen molar-refractivity contribution in [1.29, 1.82) is 0 Å². The van der Waals surface area contributed by atoms with Gasteiger partial charge in [-0.25, -0.2) is 4.79 Å². The first kappa shape index (κ1) is 19.2. The molecule has 8 nitrogen and oxygen atoms in total. The summed E-state index contributed by atoms with van der Waals surface area (Å²) in [6.45, 7) is 3.30. The van der Waals surface area contributed by atoms with Crippen LogP contribution in [0.3, 0.4) is 0 Å². The van der Waals surface area contributed by atoms with E-state index in [4.69, 9.17) is 14.2 Å². The molecule has 2 amide bonds. The Kier molecular flexibility index (Phi) is 5.78. The summed E-state index contributed by atoms with van der Waals surface area (Å²) in [5.74, 6) is -0.0344. The summed E-state index contributed by atoms with van der Waals surface area (Å²) in [6, 6.07) is 11.7. The molecular formula is C20H20N2O6. The summed E-state index contributed by atoms with van der Waals surface area (Å²) in [4.78, 5) is 35.6. The number of carbonyl (C=O) groups excluding carboxylic acids is 3. The summed E-state index contributed by atoms with van der Waals surface area (Å²) in [5, 5.41) is 5.30. The lowest BCUT2D eigenvalue weighted by atomic mass is 10.2. The molecule has 1 unspecified atom stereocenters. The Morgan fingerprint density at radius 3 is 2.68 bits per heavy atom. The van der Waals surface area contributed by atoms with E-state index < -0.39 is 18.0 Å². The molecule has 0 saturated carbocycles. The predicted octanol–water partition coefficient (Wildman–Crippen LogP) is 2.24. The zero-order valence-electron chi connectivity index (χ0n) is 15.5.